The lowest BCUT2D eigenvalue weighted by molar-refractivity contribution is 0.220. The number of hydrogen-bond donors (Lipinski definition) is 1. The van der Waals surface area contributed by atoms with E-state index in [1.807, 2.05) is 20.0 Å². The Morgan fingerprint density at radius 2 is 1.81 bits per heavy atom. The molecule has 0 bridgehead atoms. The largest absolute Gasteiger partial charge is 0.383 e. The highest BCUT2D eigenvalue weighted by atomic mass is 15.1. The number of fused-ring (bicyclic) bond motifs is 2. The smallest absolute Gasteiger partial charge is 0.156 e. The van der Waals surface area contributed by atoms with Crippen molar-refractivity contribution in [2.24, 2.45) is 5.92 Å². The molecule has 0 spiro atoms. The Morgan fingerprint density at radius 3 is 2.54 bits per heavy atom. The van der Waals surface area contributed by atoms with Gasteiger partial charge in [0.25, 0.3) is 0 Å². The maximum atomic E-state index is 4.76. The third-order valence-electron chi connectivity index (χ3n) is 7.57. The monoisotopic (exact) mass is 500 g/mol. The zero-order valence-corrected chi connectivity index (χ0v) is 23.2. The third kappa shape index (κ3) is 6.61. The average molecular weight is 501 g/mol. The van der Waals surface area contributed by atoms with Gasteiger partial charge in [0.15, 0.2) is 5.65 Å². The molecule has 0 saturated carbocycles. The van der Waals surface area contributed by atoms with Gasteiger partial charge in [-0.05, 0) is 43.2 Å². The molecule has 198 valence electrons. The second-order valence-corrected chi connectivity index (χ2v) is 10.4. The van der Waals surface area contributed by atoms with Gasteiger partial charge in [-0.2, -0.15) is 0 Å². The van der Waals surface area contributed by atoms with E-state index in [0.29, 0.717) is 11.8 Å². The summed E-state index contributed by atoms with van der Waals surface area (Å²) in [7, 11) is 0. The molecule has 3 aromatic rings. The number of rotatable bonds is 8. The number of likely N-dealkylation sites (tertiary alicyclic amines) is 1. The summed E-state index contributed by atoms with van der Waals surface area (Å²) < 4.78 is 2.10. The van der Waals surface area contributed by atoms with Crippen LogP contribution in [0.4, 0.5) is 0 Å². The Hall–Kier alpha value is -3.12. The Morgan fingerprint density at radius 1 is 1.08 bits per heavy atom. The fraction of sp³-hybridized carbons (Fsp3) is 0.484. The minimum Gasteiger partial charge on any atom is -0.383 e. The summed E-state index contributed by atoms with van der Waals surface area (Å²) in [6.45, 7) is 23.0. The standard InChI is InChI=1S/C29H38N6.C2H6/c1-21(2)34-13-10-25(11-14-34)28-20-35-19-27(32-29(35)16-31-28)23(4)30-15-22(3)17-33-12-9-24-7-5-6-8-26(24)18-33;1-2/h5-8,16,19-20,22,25,30H,1,4,9-15,17-18H2,2-3H3;1-2H3. The van der Waals surface area contributed by atoms with Crippen LogP contribution < -0.4 is 5.32 Å². The van der Waals surface area contributed by atoms with Gasteiger partial charge < -0.3 is 14.6 Å². The van der Waals surface area contributed by atoms with E-state index in [0.717, 1.165) is 87.0 Å². The molecule has 4 heterocycles. The predicted octanol–water partition coefficient (Wildman–Crippen LogP) is 5.72. The number of hydrogen-bond acceptors (Lipinski definition) is 5. The second-order valence-electron chi connectivity index (χ2n) is 10.4. The van der Waals surface area contributed by atoms with Crippen LogP contribution in [0.15, 0.2) is 61.7 Å². The molecule has 1 atom stereocenters. The van der Waals surface area contributed by atoms with Crippen molar-refractivity contribution in [1.82, 2.24) is 29.5 Å². The van der Waals surface area contributed by atoms with E-state index in [9.17, 15) is 0 Å². The van der Waals surface area contributed by atoms with Crippen molar-refractivity contribution in [3.8, 4) is 0 Å². The summed E-state index contributed by atoms with van der Waals surface area (Å²) in [6, 6.07) is 8.83. The fourth-order valence-electron chi connectivity index (χ4n) is 5.43. The SMILES string of the molecule is C=C(NCC(C)CN1CCc2ccccc2C1)c1cn2cc(C3CCN(C(=C)C)CC3)ncc2n1.CC. The van der Waals surface area contributed by atoms with E-state index in [2.05, 4.69) is 83.2 Å². The summed E-state index contributed by atoms with van der Waals surface area (Å²) in [4.78, 5) is 14.4. The number of aromatic nitrogens is 3. The first-order chi connectivity index (χ1) is 18.0. The molecule has 5 rings (SSSR count). The third-order valence-corrected chi connectivity index (χ3v) is 7.57. The van der Waals surface area contributed by atoms with Gasteiger partial charge in [-0.1, -0.05) is 58.2 Å². The predicted molar refractivity (Wildman–Crippen MR) is 154 cm³/mol. The quantitative estimate of drug-likeness (QED) is 0.428. The Labute approximate surface area is 223 Å². The molecule has 1 fully saturated rings. The number of allylic oxidation sites excluding steroid dienone is 1. The molecule has 2 aliphatic rings. The van der Waals surface area contributed by atoms with Crippen molar-refractivity contribution in [3.05, 3.63) is 84.2 Å². The van der Waals surface area contributed by atoms with Gasteiger partial charge in [-0.25, -0.2) is 4.98 Å². The molecular formula is C31H44N6. The van der Waals surface area contributed by atoms with E-state index in [1.54, 1.807) is 0 Å². The van der Waals surface area contributed by atoms with Gasteiger partial charge >= 0.3 is 0 Å². The molecule has 0 aliphatic carbocycles. The number of benzene rings is 1. The molecule has 1 saturated heterocycles. The summed E-state index contributed by atoms with van der Waals surface area (Å²) in [5.41, 5.74) is 7.92. The molecule has 37 heavy (non-hydrogen) atoms. The van der Waals surface area contributed by atoms with Gasteiger partial charge in [0.1, 0.15) is 5.69 Å². The van der Waals surface area contributed by atoms with Gasteiger partial charge in [-0.15, -0.1) is 0 Å². The number of piperidine rings is 1. The summed E-state index contributed by atoms with van der Waals surface area (Å²) in [5.74, 6) is 1.01. The van der Waals surface area contributed by atoms with E-state index in [1.165, 1.54) is 11.1 Å². The van der Waals surface area contributed by atoms with Gasteiger partial charge in [0.2, 0.25) is 0 Å². The van der Waals surface area contributed by atoms with E-state index >= 15 is 0 Å². The normalized spacial score (nSPS) is 17.0. The number of nitrogens with zero attached hydrogens (tertiary/aromatic N) is 5. The first kappa shape index (κ1) is 26.9. The second kappa shape index (κ2) is 12.4. The lowest BCUT2D eigenvalue weighted by Gasteiger charge is -2.33. The fourth-order valence-corrected chi connectivity index (χ4v) is 5.43. The van der Waals surface area contributed by atoms with Crippen LogP contribution in [0.3, 0.4) is 0 Å². The van der Waals surface area contributed by atoms with Gasteiger partial charge in [0.05, 0.1) is 17.6 Å². The van der Waals surface area contributed by atoms with Crippen LogP contribution in [0.2, 0.25) is 0 Å². The average Bonchev–Trinajstić information content (AvgIpc) is 3.36. The molecule has 1 aromatic carbocycles. The van der Waals surface area contributed by atoms with Crippen molar-refractivity contribution in [2.75, 3.05) is 32.7 Å². The highest BCUT2D eigenvalue weighted by molar-refractivity contribution is 5.60. The summed E-state index contributed by atoms with van der Waals surface area (Å²) in [6.07, 6.45) is 9.49. The van der Waals surface area contributed by atoms with Crippen LogP contribution in [0.25, 0.3) is 11.3 Å². The van der Waals surface area contributed by atoms with Crippen molar-refractivity contribution >= 4 is 11.3 Å². The summed E-state index contributed by atoms with van der Waals surface area (Å²) in [5, 5.41) is 3.53. The van der Waals surface area contributed by atoms with Crippen LogP contribution >= 0.6 is 0 Å². The lowest BCUT2D eigenvalue weighted by Crippen LogP contribution is -2.36. The molecule has 6 heteroatoms. The van der Waals surface area contributed by atoms with Crippen LogP contribution in [0.1, 0.15) is 69.0 Å². The number of imidazole rings is 1. The van der Waals surface area contributed by atoms with Crippen LogP contribution in [-0.2, 0) is 13.0 Å². The van der Waals surface area contributed by atoms with Crippen molar-refractivity contribution in [1.29, 1.82) is 0 Å². The maximum Gasteiger partial charge on any atom is 0.156 e. The zero-order valence-electron chi connectivity index (χ0n) is 23.2. The first-order valence-electron chi connectivity index (χ1n) is 13.9. The van der Waals surface area contributed by atoms with Crippen molar-refractivity contribution < 1.29 is 0 Å². The Balaban J connectivity index is 0.00000156. The van der Waals surface area contributed by atoms with E-state index in [4.69, 9.17) is 9.97 Å². The molecule has 2 aromatic heterocycles. The first-order valence-corrected chi connectivity index (χ1v) is 13.9. The van der Waals surface area contributed by atoms with E-state index < -0.39 is 0 Å². The maximum absolute atomic E-state index is 4.76. The minimum absolute atomic E-state index is 0.491. The molecule has 0 radical (unpaired) electrons. The summed E-state index contributed by atoms with van der Waals surface area (Å²) >= 11 is 0. The molecule has 2 aliphatic heterocycles. The van der Waals surface area contributed by atoms with Gasteiger partial charge in [-0.3, -0.25) is 9.88 Å². The van der Waals surface area contributed by atoms with Gasteiger partial charge in [0, 0.05) is 63.3 Å². The minimum atomic E-state index is 0.491. The van der Waals surface area contributed by atoms with Crippen LogP contribution in [0, 0.1) is 5.92 Å². The van der Waals surface area contributed by atoms with Crippen molar-refractivity contribution in [2.45, 2.75) is 59.4 Å². The highest BCUT2D eigenvalue weighted by Gasteiger charge is 2.22. The Bertz CT molecular complexity index is 1200. The molecule has 1 unspecified atom stereocenters. The van der Waals surface area contributed by atoms with Crippen LogP contribution in [-0.4, -0.2) is 56.9 Å². The molecular weight excluding hydrogens is 456 g/mol. The molecule has 6 nitrogen and oxygen atoms in total. The zero-order chi connectivity index (χ0) is 26.4. The Kier molecular flexibility index (Phi) is 9.04. The number of nitrogens with one attached hydrogen (secondary N) is 1. The molecule has 0 amide bonds. The van der Waals surface area contributed by atoms with E-state index in [-0.39, 0.29) is 0 Å². The topological polar surface area (TPSA) is 48.7 Å². The highest BCUT2D eigenvalue weighted by Crippen LogP contribution is 2.28. The lowest BCUT2D eigenvalue weighted by atomic mass is 9.93. The van der Waals surface area contributed by atoms with Crippen molar-refractivity contribution in [3.63, 3.8) is 0 Å². The van der Waals surface area contributed by atoms with Crippen LogP contribution in [0.5, 0.6) is 0 Å². The molecule has 1 N–H and O–H groups in total.